The van der Waals surface area contributed by atoms with Crippen LogP contribution in [0.1, 0.15) is 33.6 Å². The number of rotatable bonds is 9. The van der Waals surface area contributed by atoms with E-state index in [-0.39, 0.29) is 0 Å². The molecule has 1 heterocycles. The highest BCUT2D eigenvalue weighted by Gasteiger charge is 2.05. The van der Waals surface area contributed by atoms with Crippen molar-refractivity contribution in [1.29, 1.82) is 0 Å². The molecule has 0 saturated heterocycles. The number of anilines is 1. The molecule has 1 N–H and O–H groups in total. The predicted octanol–water partition coefficient (Wildman–Crippen LogP) is 2.41. The third-order valence-electron chi connectivity index (χ3n) is 3.25. The number of methoxy groups -OCH3 is 1. The zero-order chi connectivity index (χ0) is 14.1. The average Bonchev–Trinajstić information content (AvgIpc) is 2.44. The van der Waals surface area contributed by atoms with Gasteiger partial charge in [-0.15, -0.1) is 0 Å². The van der Waals surface area contributed by atoms with Gasteiger partial charge in [0.25, 0.3) is 0 Å². The smallest absolute Gasteiger partial charge is 0.223 e. The van der Waals surface area contributed by atoms with Crippen LogP contribution in [0.2, 0.25) is 0 Å². The molecule has 0 amide bonds. The number of ether oxygens (including phenoxy) is 1. The monoisotopic (exact) mass is 266 g/mol. The van der Waals surface area contributed by atoms with E-state index in [1.54, 1.807) is 19.5 Å². The van der Waals surface area contributed by atoms with E-state index >= 15 is 0 Å². The quantitative estimate of drug-likeness (QED) is 0.744. The molecule has 0 saturated carbocycles. The van der Waals surface area contributed by atoms with Gasteiger partial charge in [0.15, 0.2) is 5.75 Å². The normalized spacial score (nSPS) is 12.5. The first-order valence-corrected chi connectivity index (χ1v) is 7.04. The van der Waals surface area contributed by atoms with Crippen molar-refractivity contribution in [3.05, 3.63) is 12.4 Å². The zero-order valence-electron chi connectivity index (χ0n) is 12.5. The lowest BCUT2D eigenvalue weighted by Crippen LogP contribution is -2.25. The first-order chi connectivity index (χ1) is 9.19. The molecule has 0 fully saturated rings. The lowest BCUT2D eigenvalue weighted by Gasteiger charge is -2.19. The SMILES string of the molecule is CCN(CC)CCCC(C)Nc1ncc(OC)cn1. The molecule has 1 unspecified atom stereocenters. The standard InChI is InChI=1S/C14H26N4O/c1-5-18(6-2)9-7-8-12(3)17-14-15-10-13(19-4)11-16-14/h10-12H,5-9H2,1-4H3,(H,15,16,17). The summed E-state index contributed by atoms with van der Waals surface area (Å²) in [4.78, 5) is 10.9. The maximum Gasteiger partial charge on any atom is 0.223 e. The third kappa shape index (κ3) is 5.87. The van der Waals surface area contributed by atoms with Gasteiger partial charge in [0.05, 0.1) is 19.5 Å². The van der Waals surface area contributed by atoms with Crippen molar-refractivity contribution in [3.63, 3.8) is 0 Å². The van der Waals surface area contributed by atoms with Crippen molar-refractivity contribution in [2.24, 2.45) is 0 Å². The van der Waals surface area contributed by atoms with Crippen LogP contribution in [0, 0.1) is 0 Å². The van der Waals surface area contributed by atoms with Gasteiger partial charge >= 0.3 is 0 Å². The Morgan fingerprint density at radius 2 is 1.89 bits per heavy atom. The van der Waals surface area contributed by atoms with E-state index in [9.17, 15) is 0 Å². The third-order valence-corrected chi connectivity index (χ3v) is 3.25. The van der Waals surface area contributed by atoms with Crippen LogP contribution in [0.3, 0.4) is 0 Å². The number of nitrogens with one attached hydrogen (secondary N) is 1. The number of hydrogen-bond donors (Lipinski definition) is 1. The summed E-state index contributed by atoms with van der Waals surface area (Å²) < 4.78 is 5.03. The van der Waals surface area contributed by atoms with Gasteiger partial charge in [-0.3, -0.25) is 0 Å². The van der Waals surface area contributed by atoms with Crippen molar-refractivity contribution in [3.8, 4) is 5.75 Å². The molecular weight excluding hydrogens is 240 g/mol. The molecule has 1 rings (SSSR count). The van der Waals surface area contributed by atoms with Crippen molar-refractivity contribution in [1.82, 2.24) is 14.9 Å². The maximum absolute atomic E-state index is 5.03. The summed E-state index contributed by atoms with van der Waals surface area (Å²) >= 11 is 0. The highest BCUT2D eigenvalue weighted by molar-refractivity contribution is 5.27. The molecule has 0 spiro atoms. The van der Waals surface area contributed by atoms with E-state index in [2.05, 4.69) is 41.0 Å². The molecule has 0 aliphatic heterocycles. The Bertz CT molecular complexity index is 338. The summed E-state index contributed by atoms with van der Waals surface area (Å²) in [6, 6.07) is 0.379. The molecule has 108 valence electrons. The molecule has 0 radical (unpaired) electrons. The number of aromatic nitrogens is 2. The Balaban J connectivity index is 2.28. The predicted molar refractivity (Wildman–Crippen MR) is 78.7 cm³/mol. The highest BCUT2D eigenvalue weighted by Crippen LogP contribution is 2.09. The van der Waals surface area contributed by atoms with Gasteiger partial charge in [-0.25, -0.2) is 9.97 Å². The second-order valence-corrected chi connectivity index (χ2v) is 4.66. The fourth-order valence-corrected chi connectivity index (χ4v) is 1.95. The van der Waals surface area contributed by atoms with Crippen LogP contribution >= 0.6 is 0 Å². The first-order valence-electron chi connectivity index (χ1n) is 7.04. The summed E-state index contributed by atoms with van der Waals surface area (Å²) in [6.45, 7) is 9.98. The number of hydrogen-bond acceptors (Lipinski definition) is 5. The van der Waals surface area contributed by atoms with Gasteiger partial charge in [0.2, 0.25) is 5.95 Å². The van der Waals surface area contributed by atoms with Crippen LogP contribution in [0.5, 0.6) is 5.75 Å². The van der Waals surface area contributed by atoms with E-state index in [0.717, 1.165) is 26.1 Å². The van der Waals surface area contributed by atoms with Crippen molar-refractivity contribution in [2.75, 3.05) is 32.1 Å². The Morgan fingerprint density at radius 1 is 1.26 bits per heavy atom. The second kappa shape index (κ2) is 8.69. The zero-order valence-corrected chi connectivity index (χ0v) is 12.5. The molecule has 5 nitrogen and oxygen atoms in total. The van der Waals surface area contributed by atoms with E-state index < -0.39 is 0 Å². The van der Waals surface area contributed by atoms with Gasteiger partial charge in [-0.2, -0.15) is 0 Å². The highest BCUT2D eigenvalue weighted by atomic mass is 16.5. The molecule has 0 aliphatic rings. The van der Waals surface area contributed by atoms with Crippen molar-refractivity contribution >= 4 is 5.95 Å². The topological polar surface area (TPSA) is 50.3 Å². The van der Waals surface area contributed by atoms with Crippen LogP contribution in [0.4, 0.5) is 5.95 Å². The molecule has 0 aliphatic carbocycles. The van der Waals surface area contributed by atoms with Crippen molar-refractivity contribution in [2.45, 2.75) is 39.7 Å². The molecule has 19 heavy (non-hydrogen) atoms. The summed E-state index contributed by atoms with van der Waals surface area (Å²) in [5.41, 5.74) is 0. The summed E-state index contributed by atoms with van der Waals surface area (Å²) in [7, 11) is 1.61. The van der Waals surface area contributed by atoms with Crippen LogP contribution < -0.4 is 10.1 Å². The van der Waals surface area contributed by atoms with Gasteiger partial charge < -0.3 is 15.0 Å². The summed E-state index contributed by atoms with van der Waals surface area (Å²) in [5, 5.41) is 3.31. The van der Waals surface area contributed by atoms with Crippen LogP contribution in [0.25, 0.3) is 0 Å². The van der Waals surface area contributed by atoms with Crippen LogP contribution in [-0.2, 0) is 0 Å². The minimum atomic E-state index is 0.379. The van der Waals surface area contributed by atoms with E-state index in [4.69, 9.17) is 4.74 Å². The molecular formula is C14H26N4O. The van der Waals surface area contributed by atoms with E-state index in [1.807, 2.05) is 0 Å². The van der Waals surface area contributed by atoms with Gasteiger partial charge in [-0.05, 0) is 39.4 Å². The largest absolute Gasteiger partial charge is 0.494 e. The van der Waals surface area contributed by atoms with Gasteiger partial charge in [0, 0.05) is 6.04 Å². The lowest BCUT2D eigenvalue weighted by atomic mass is 10.2. The van der Waals surface area contributed by atoms with Gasteiger partial charge in [-0.1, -0.05) is 13.8 Å². The van der Waals surface area contributed by atoms with E-state index in [1.165, 1.54) is 6.42 Å². The van der Waals surface area contributed by atoms with Crippen LogP contribution in [0.15, 0.2) is 12.4 Å². The molecule has 1 aromatic rings. The minimum Gasteiger partial charge on any atom is -0.494 e. The fourth-order valence-electron chi connectivity index (χ4n) is 1.95. The van der Waals surface area contributed by atoms with Crippen molar-refractivity contribution < 1.29 is 4.74 Å². The lowest BCUT2D eigenvalue weighted by molar-refractivity contribution is 0.295. The van der Waals surface area contributed by atoms with E-state index in [0.29, 0.717) is 17.7 Å². The molecule has 0 bridgehead atoms. The fraction of sp³-hybridized carbons (Fsp3) is 0.714. The maximum atomic E-state index is 5.03. The molecule has 0 aromatic carbocycles. The molecule has 1 aromatic heterocycles. The minimum absolute atomic E-state index is 0.379. The number of nitrogens with zero attached hydrogens (tertiary/aromatic N) is 3. The Labute approximate surface area is 116 Å². The first kappa shape index (κ1) is 15.7. The second-order valence-electron chi connectivity index (χ2n) is 4.66. The van der Waals surface area contributed by atoms with Crippen LogP contribution in [-0.4, -0.2) is 47.7 Å². The Morgan fingerprint density at radius 3 is 2.42 bits per heavy atom. The summed E-state index contributed by atoms with van der Waals surface area (Å²) in [5.74, 6) is 1.34. The summed E-state index contributed by atoms with van der Waals surface area (Å²) in [6.07, 6.45) is 5.66. The Kier molecular flexibility index (Phi) is 7.18. The molecule has 1 atom stereocenters. The van der Waals surface area contributed by atoms with Gasteiger partial charge in [0.1, 0.15) is 0 Å². The molecule has 5 heteroatoms. The average molecular weight is 266 g/mol. The Hall–Kier alpha value is -1.36.